The molecule has 1 aliphatic rings. The highest BCUT2D eigenvalue weighted by Gasteiger charge is 2.30. The topological polar surface area (TPSA) is 51.0 Å². The third-order valence-electron chi connectivity index (χ3n) is 5.81. The van der Waals surface area contributed by atoms with Crippen LogP contribution in [0.4, 0.5) is 4.39 Å². The minimum absolute atomic E-state index is 0.144. The third-order valence-corrected chi connectivity index (χ3v) is 6.88. The van der Waals surface area contributed by atoms with Crippen LogP contribution < -0.4 is 0 Å². The Hall–Kier alpha value is -2.67. The van der Waals surface area contributed by atoms with Crippen LogP contribution in [0.3, 0.4) is 0 Å². The summed E-state index contributed by atoms with van der Waals surface area (Å²) >= 11 is 1.44. The molecule has 0 N–H and O–H groups in total. The normalized spacial score (nSPS) is 19.7. The molecule has 1 amide bonds. The van der Waals surface area contributed by atoms with Crippen LogP contribution in [-0.4, -0.2) is 43.9 Å². The Kier molecular flexibility index (Phi) is 6.94. The van der Waals surface area contributed by atoms with Crippen LogP contribution in [0.1, 0.15) is 32.8 Å². The predicted molar refractivity (Wildman–Crippen MR) is 126 cm³/mol. The number of rotatable bonds is 6. The van der Waals surface area contributed by atoms with Gasteiger partial charge < -0.3 is 4.90 Å². The highest BCUT2D eigenvalue weighted by atomic mass is 32.2. The van der Waals surface area contributed by atoms with Crippen molar-refractivity contribution in [1.82, 2.24) is 19.7 Å². The number of hydrogen-bond acceptors (Lipinski definition) is 4. The van der Waals surface area contributed by atoms with Gasteiger partial charge in [0.25, 0.3) is 0 Å². The second kappa shape index (κ2) is 9.86. The van der Waals surface area contributed by atoms with Gasteiger partial charge in [-0.05, 0) is 55.0 Å². The van der Waals surface area contributed by atoms with E-state index >= 15 is 0 Å². The van der Waals surface area contributed by atoms with Gasteiger partial charge in [-0.2, -0.15) is 0 Å². The molecule has 2 aromatic carbocycles. The van der Waals surface area contributed by atoms with Gasteiger partial charge in [0, 0.05) is 18.7 Å². The van der Waals surface area contributed by atoms with E-state index in [9.17, 15) is 9.18 Å². The Morgan fingerprint density at radius 3 is 2.38 bits per heavy atom. The molecule has 1 saturated heterocycles. The van der Waals surface area contributed by atoms with Gasteiger partial charge in [-0.1, -0.05) is 55.9 Å². The van der Waals surface area contributed by atoms with Gasteiger partial charge >= 0.3 is 0 Å². The summed E-state index contributed by atoms with van der Waals surface area (Å²) in [6, 6.07) is 16.3. The van der Waals surface area contributed by atoms with E-state index in [1.54, 1.807) is 12.1 Å². The molecular formula is C25H29FN4OS. The zero-order valence-corrected chi connectivity index (χ0v) is 19.6. The predicted octanol–water partition coefficient (Wildman–Crippen LogP) is 5.12. The van der Waals surface area contributed by atoms with Crippen LogP contribution in [0, 0.1) is 17.7 Å². The third kappa shape index (κ3) is 5.21. The molecule has 0 radical (unpaired) electrons. The largest absolute Gasteiger partial charge is 0.341 e. The van der Waals surface area contributed by atoms with Gasteiger partial charge in [0.1, 0.15) is 5.82 Å². The monoisotopic (exact) mass is 452 g/mol. The van der Waals surface area contributed by atoms with Crippen LogP contribution in [0.15, 0.2) is 59.8 Å². The maximum atomic E-state index is 13.5. The highest BCUT2D eigenvalue weighted by Crippen LogP contribution is 2.30. The smallest absolute Gasteiger partial charge is 0.235 e. The zero-order chi connectivity index (χ0) is 22.7. The Morgan fingerprint density at radius 2 is 1.72 bits per heavy atom. The number of piperidine rings is 1. The van der Waals surface area contributed by atoms with Gasteiger partial charge in [0.15, 0.2) is 11.0 Å². The van der Waals surface area contributed by atoms with Crippen LogP contribution in [0.5, 0.6) is 0 Å². The van der Waals surface area contributed by atoms with E-state index in [0.29, 0.717) is 29.4 Å². The minimum Gasteiger partial charge on any atom is -0.341 e. The number of amides is 1. The number of benzene rings is 2. The number of likely N-dealkylation sites (tertiary alicyclic amines) is 1. The lowest BCUT2D eigenvalue weighted by molar-refractivity contribution is -0.132. The van der Waals surface area contributed by atoms with Crippen molar-refractivity contribution >= 4 is 17.7 Å². The fraction of sp³-hybridized carbons (Fsp3) is 0.400. The zero-order valence-electron chi connectivity index (χ0n) is 18.7. The summed E-state index contributed by atoms with van der Waals surface area (Å²) in [5.41, 5.74) is 1.90. The Balaban J connectivity index is 1.60. The van der Waals surface area contributed by atoms with Gasteiger partial charge in [-0.15, -0.1) is 10.2 Å². The maximum absolute atomic E-state index is 13.5. The number of thioether (sulfide) groups is 1. The lowest BCUT2D eigenvalue weighted by Crippen LogP contribution is -2.45. The molecule has 0 bridgehead atoms. The average Bonchev–Trinajstić information content (AvgIpc) is 3.15. The summed E-state index contributed by atoms with van der Waals surface area (Å²) in [7, 11) is 0. The molecule has 3 atom stereocenters. The van der Waals surface area contributed by atoms with Crippen molar-refractivity contribution in [2.75, 3.05) is 13.1 Å². The molecule has 1 aromatic heterocycles. The summed E-state index contributed by atoms with van der Waals surface area (Å²) in [6.07, 6.45) is 1.16. The Bertz CT molecular complexity index is 1040. The van der Waals surface area contributed by atoms with Crippen molar-refractivity contribution in [3.63, 3.8) is 0 Å². The van der Waals surface area contributed by atoms with Crippen molar-refractivity contribution in [2.45, 2.75) is 44.1 Å². The highest BCUT2D eigenvalue weighted by molar-refractivity contribution is 8.00. The first-order valence-corrected chi connectivity index (χ1v) is 12.0. The summed E-state index contributed by atoms with van der Waals surface area (Å²) in [5, 5.41) is 9.24. The molecule has 5 nitrogen and oxygen atoms in total. The van der Waals surface area contributed by atoms with Crippen molar-refractivity contribution in [3.8, 4) is 11.4 Å². The van der Waals surface area contributed by atoms with E-state index in [0.717, 1.165) is 30.6 Å². The molecule has 0 aliphatic carbocycles. The van der Waals surface area contributed by atoms with Gasteiger partial charge in [-0.25, -0.2) is 4.39 Å². The van der Waals surface area contributed by atoms with Crippen molar-refractivity contribution in [1.29, 1.82) is 0 Å². The molecule has 7 heteroatoms. The van der Waals surface area contributed by atoms with E-state index in [-0.39, 0.29) is 17.0 Å². The molecule has 0 spiro atoms. The number of halogens is 1. The maximum Gasteiger partial charge on any atom is 0.235 e. The second-order valence-electron chi connectivity index (χ2n) is 8.83. The lowest BCUT2D eigenvalue weighted by Gasteiger charge is -2.36. The minimum atomic E-state index is -0.290. The van der Waals surface area contributed by atoms with Crippen molar-refractivity contribution < 1.29 is 9.18 Å². The Labute approximate surface area is 193 Å². The van der Waals surface area contributed by atoms with Gasteiger partial charge in [-0.3, -0.25) is 9.36 Å². The lowest BCUT2D eigenvalue weighted by atomic mass is 9.92. The van der Waals surface area contributed by atoms with Crippen LogP contribution in [0.2, 0.25) is 0 Å². The molecule has 1 fully saturated rings. The molecule has 3 unspecified atom stereocenters. The molecule has 0 saturated carbocycles. The van der Waals surface area contributed by atoms with Crippen LogP contribution >= 0.6 is 11.8 Å². The van der Waals surface area contributed by atoms with Crippen LogP contribution in [-0.2, 0) is 11.3 Å². The number of nitrogens with zero attached hydrogens (tertiary/aromatic N) is 4. The van der Waals surface area contributed by atoms with E-state index in [1.807, 2.05) is 46.7 Å². The fourth-order valence-corrected chi connectivity index (χ4v) is 5.34. The van der Waals surface area contributed by atoms with Gasteiger partial charge in [0.05, 0.1) is 11.8 Å². The van der Waals surface area contributed by atoms with E-state index in [4.69, 9.17) is 0 Å². The van der Waals surface area contributed by atoms with E-state index in [1.165, 1.54) is 23.9 Å². The van der Waals surface area contributed by atoms with Crippen molar-refractivity contribution in [2.24, 2.45) is 11.8 Å². The quantitative estimate of drug-likeness (QED) is 0.487. The molecule has 32 heavy (non-hydrogen) atoms. The number of aromatic nitrogens is 3. The summed E-state index contributed by atoms with van der Waals surface area (Å²) in [5.74, 6) is 1.56. The summed E-state index contributed by atoms with van der Waals surface area (Å²) in [6.45, 7) is 8.55. The molecule has 1 aliphatic heterocycles. The first-order valence-electron chi connectivity index (χ1n) is 11.1. The van der Waals surface area contributed by atoms with E-state index in [2.05, 4.69) is 24.0 Å². The molecule has 168 valence electrons. The first kappa shape index (κ1) is 22.5. The second-order valence-corrected chi connectivity index (χ2v) is 10.1. The molecular weight excluding hydrogens is 423 g/mol. The Morgan fingerprint density at radius 1 is 1.06 bits per heavy atom. The van der Waals surface area contributed by atoms with Gasteiger partial charge in [0.2, 0.25) is 5.91 Å². The average molecular weight is 453 g/mol. The standard InChI is InChI=1S/C25H29FN4OS/c1-17-13-18(2)15-29(14-17)24(31)19(3)32-25-28-27-23(21-9-11-22(26)12-10-21)30(25)16-20-7-5-4-6-8-20/h4-12,17-19H,13-16H2,1-3H3. The molecule has 3 aromatic rings. The SMILES string of the molecule is CC1CC(C)CN(C(=O)C(C)Sc2nnc(-c3ccc(F)cc3)n2Cc2ccccc2)C1. The molecule has 4 rings (SSSR count). The fourth-order valence-electron chi connectivity index (χ4n) is 4.41. The number of carbonyl (C=O) groups is 1. The first-order chi connectivity index (χ1) is 15.4. The number of hydrogen-bond donors (Lipinski definition) is 0. The van der Waals surface area contributed by atoms with Crippen molar-refractivity contribution in [3.05, 3.63) is 66.0 Å². The van der Waals surface area contributed by atoms with Crippen LogP contribution in [0.25, 0.3) is 11.4 Å². The summed E-state index contributed by atoms with van der Waals surface area (Å²) < 4.78 is 15.5. The summed E-state index contributed by atoms with van der Waals surface area (Å²) in [4.78, 5) is 15.2. The van der Waals surface area contributed by atoms with E-state index < -0.39 is 0 Å². The number of carbonyl (C=O) groups excluding carboxylic acids is 1. The molecule has 2 heterocycles.